The summed E-state index contributed by atoms with van der Waals surface area (Å²) in [5.41, 5.74) is 2.48. The predicted octanol–water partition coefficient (Wildman–Crippen LogP) is 3.04. The van der Waals surface area contributed by atoms with Crippen molar-refractivity contribution in [2.45, 2.75) is 19.4 Å². The number of hydrogen-bond acceptors (Lipinski definition) is 1. The molecule has 0 spiro atoms. The minimum Gasteiger partial charge on any atom is -0.312 e. The Morgan fingerprint density at radius 3 is 2.71 bits per heavy atom. The molecule has 1 atom stereocenters. The molecule has 0 amide bonds. The van der Waals surface area contributed by atoms with Gasteiger partial charge >= 0.3 is 0 Å². The second kappa shape index (κ2) is 5.19. The Hall–Kier alpha value is -0.780. The number of terminal acetylenes is 1. The molecule has 0 saturated heterocycles. The van der Waals surface area contributed by atoms with Crippen molar-refractivity contribution in [1.29, 1.82) is 0 Å². The van der Waals surface area contributed by atoms with Crippen molar-refractivity contribution in [3.8, 4) is 12.3 Å². The first kappa shape index (κ1) is 11.3. The number of hydrogen-bond donors (Lipinski definition) is 1. The van der Waals surface area contributed by atoms with E-state index in [1.165, 1.54) is 11.1 Å². The van der Waals surface area contributed by atoms with Gasteiger partial charge in [-0.05, 0) is 37.2 Å². The van der Waals surface area contributed by atoms with E-state index in [1.54, 1.807) is 0 Å². The first-order valence-corrected chi connectivity index (χ1v) is 5.34. The monoisotopic (exact) mass is 251 g/mol. The van der Waals surface area contributed by atoms with Crippen LogP contribution >= 0.6 is 15.9 Å². The third kappa shape index (κ3) is 2.87. The highest BCUT2D eigenvalue weighted by molar-refractivity contribution is 9.10. The third-order valence-electron chi connectivity index (χ3n) is 2.14. The molecule has 0 saturated carbocycles. The summed E-state index contributed by atoms with van der Waals surface area (Å²) in [4.78, 5) is 0. The number of aryl methyl sites for hydroxylation is 1. The Bertz CT molecular complexity index is 332. The van der Waals surface area contributed by atoms with Crippen LogP contribution < -0.4 is 5.32 Å². The van der Waals surface area contributed by atoms with Gasteiger partial charge in [0.1, 0.15) is 0 Å². The molecule has 1 unspecified atom stereocenters. The summed E-state index contributed by atoms with van der Waals surface area (Å²) < 4.78 is 1.10. The number of benzene rings is 1. The van der Waals surface area contributed by atoms with E-state index in [1.807, 2.05) is 7.05 Å². The van der Waals surface area contributed by atoms with Gasteiger partial charge in [0, 0.05) is 16.9 Å². The highest BCUT2D eigenvalue weighted by atomic mass is 79.9. The largest absolute Gasteiger partial charge is 0.312 e. The Morgan fingerprint density at radius 2 is 2.21 bits per heavy atom. The van der Waals surface area contributed by atoms with Crippen LogP contribution in [0, 0.1) is 19.3 Å². The van der Waals surface area contributed by atoms with E-state index in [9.17, 15) is 0 Å². The van der Waals surface area contributed by atoms with Crippen LogP contribution in [0.15, 0.2) is 22.7 Å². The maximum Gasteiger partial charge on any atom is 0.0428 e. The van der Waals surface area contributed by atoms with Crippen molar-refractivity contribution < 1.29 is 0 Å². The highest BCUT2D eigenvalue weighted by Gasteiger charge is 2.08. The zero-order chi connectivity index (χ0) is 10.6. The number of nitrogens with one attached hydrogen (secondary N) is 1. The number of halogens is 1. The highest BCUT2D eigenvalue weighted by Crippen LogP contribution is 2.22. The van der Waals surface area contributed by atoms with E-state index in [4.69, 9.17) is 6.42 Å². The van der Waals surface area contributed by atoms with E-state index < -0.39 is 0 Å². The normalized spacial score (nSPS) is 12.1. The van der Waals surface area contributed by atoms with Crippen LogP contribution in [0.4, 0.5) is 0 Å². The minimum absolute atomic E-state index is 0.246. The smallest absolute Gasteiger partial charge is 0.0428 e. The lowest BCUT2D eigenvalue weighted by Gasteiger charge is -2.14. The molecular weight excluding hydrogens is 238 g/mol. The lowest BCUT2D eigenvalue weighted by Crippen LogP contribution is -2.15. The summed E-state index contributed by atoms with van der Waals surface area (Å²) in [6, 6.07) is 6.59. The average molecular weight is 252 g/mol. The maximum atomic E-state index is 5.32. The molecule has 1 rings (SSSR count). The Balaban J connectivity index is 2.98. The lowest BCUT2D eigenvalue weighted by atomic mass is 10.0. The Labute approximate surface area is 94.0 Å². The van der Waals surface area contributed by atoms with E-state index in [0.717, 1.165) is 4.47 Å². The molecule has 0 aromatic heterocycles. The lowest BCUT2D eigenvalue weighted by molar-refractivity contribution is 0.611. The minimum atomic E-state index is 0.246. The zero-order valence-electron chi connectivity index (χ0n) is 8.47. The van der Waals surface area contributed by atoms with Gasteiger partial charge in [-0.1, -0.05) is 22.0 Å². The molecule has 0 heterocycles. The van der Waals surface area contributed by atoms with Gasteiger partial charge in [-0.15, -0.1) is 12.3 Å². The van der Waals surface area contributed by atoms with Crippen LogP contribution in [0.25, 0.3) is 0 Å². The summed E-state index contributed by atoms with van der Waals surface area (Å²) in [7, 11) is 1.93. The average Bonchev–Trinajstić information content (AvgIpc) is 2.12. The second-order valence-electron chi connectivity index (χ2n) is 3.31. The van der Waals surface area contributed by atoms with Gasteiger partial charge in [-0.2, -0.15) is 0 Å². The van der Waals surface area contributed by atoms with Crippen molar-refractivity contribution in [3.63, 3.8) is 0 Å². The fraction of sp³-hybridized carbons (Fsp3) is 0.333. The summed E-state index contributed by atoms with van der Waals surface area (Å²) in [5.74, 6) is 2.68. The fourth-order valence-corrected chi connectivity index (χ4v) is 2.10. The first-order valence-electron chi connectivity index (χ1n) is 4.55. The standard InChI is InChI=1S/C12H14BrN/c1-4-5-12(14-3)10-6-9(2)7-11(13)8-10/h1,6-8,12,14H,5H2,2-3H3. The molecule has 1 N–H and O–H groups in total. The molecule has 0 aliphatic heterocycles. The summed E-state index contributed by atoms with van der Waals surface area (Å²) in [6.45, 7) is 2.08. The van der Waals surface area contributed by atoms with Crippen molar-refractivity contribution in [2.24, 2.45) is 0 Å². The first-order chi connectivity index (χ1) is 6.67. The SMILES string of the molecule is C#CCC(NC)c1cc(C)cc(Br)c1. The van der Waals surface area contributed by atoms with Crippen LogP contribution in [0.1, 0.15) is 23.6 Å². The topological polar surface area (TPSA) is 12.0 Å². The summed E-state index contributed by atoms with van der Waals surface area (Å²) in [6.07, 6.45) is 6.03. The molecule has 74 valence electrons. The van der Waals surface area contributed by atoms with Gasteiger partial charge in [0.05, 0.1) is 0 Å². The summed E-state index contributed by atoms with van der Waals surface area (Å²) in [5, 5.41) is 3.21. The van der Waals surface area contributed by atoms with Gasteiger partial charge in [-0.3, -0.25) is 0 Å². The van der Waals surface area contributed by atoms with Crippen molar-refractivity contribution in [1.82, 2.24) is 5.32 Å². The Kier molecular flexibility index (Phi) is 4.19. The number of rotatable bonds is 3. The van der Waals surface area contributed by atoms with Crippen LogP contribution in [0.5, 0.6) is 0 Å². The molecule has 1 nitrogen and oxygen atoms in total. The van der Waals surface area contributed by atoms with Crippen molar-refractivity contribution in [3.05, 3.63) is 33.8 Å². The molecule has 1 aromatic carbocycles. The predicted molar refractivity (Wildman–Crippen MR) is 64.1 cm³/mol. The zero-order valence-corrected chi connectivity index (χ0v) is 10.1. The second-order valence-corrected chi connectivity index (χ2v) is 4.23. The van der Waals surface area contributed by atoms with E-state index in [0.29, 0.717) is 6.42 Å². The molecule has 1 aromatic rings. The Morgan fingerprint density at radius 1 is 1.50 bits per heavy atom. The van der Waals surface area contributed by atoms with Crippen LogP contribution in [-0.2, 0) is 0 Å². The van der Waals surface area contributed by atoms with Crippen molar-refractivity contribution in [2.75, 3.05) is 7.05 Å². The van der Waals surface area contributed by atoms with Gasteiger partial charge in [0.15, 0.2) is 0 Å². The van der Waals surface area contributed by atoms with E-state index in [2.05, 4.69) is 52.3 Å². The molecule has 0 radical (unpaired) electrons. The van der Waals surface area contributed by atoms with Gasteiger partial charge in [0.2, 0.25) is 0 Å². The molecular formula is C12H14BrN. The van der Waals surface area contributed by atoms with Crippen LogP contribution in [0.2, 0.25) is 0 Å². The quantitative estimate of drug-likeness (QED) is 0.815. The molecule has 14 heavy (non-hydrogen) atoms. The van der Waals surface area contributed by atoms with Gasteiger partial charge < -0.3 is 5.32 Å². The van der Waals surface area contributed by atoms with Crippen LogP contribution in [-0.4, -0.2) is 7.05 Å². The molecule has 0 aliphatic carbocycles. The fourth-order valence-electron chi connectivity index (χ4n) is 1.47. The van der Waals surface area contributed by atoms with Gasteiger partial charge in [0.25, 0.3) is 0 Å². The van der Waals surface area contributed by atoms with E-state index in [-0.39, 0.29) is 6.04 Å². The molecule has 0 fully saturated rings. The van der Waals surface area contributed by atoms with E-state index >= 15 is 0 Å². The third-order valence-corrected chi connectivity index (χ3v) is 2.60. The maximum absolute atomic E-state index is 5.32. The van der Waals surface area contributed by atoms with Crippen molar-refractivity contribution >= 4 is 15.9 Å². The van der Waals surface area contributed by atoms with Crippen LogP contribution in [0.3, 0.4) is 0 Å². The molecule has 0 bridgehead atoms. The molecule has 2 heteroatoms. The molecule has 0 aliphatic rings. The summed E-state index contributed by atoms with van der Waals surface area (Å²) >= 11 is 3.48. The van der Waals surface area contributed by atoms with Gasteiger partial charge in [-0.25, -0.2) is 0 Å².